The smallest absolute Gasteiger partial charge is 0.366 e. The van der Waals surface area contributed by atoms with Gasteiger partial charge >= 0.3 is 6.18 Å². The summed E-state index contributed by atoms with van der Waals surface area (Å²) in [5, 5.41) is 8.68. The van der Waals surface area contributed by atoms with Gasteiger partial charge in [0.25, 0.3) is 5.91 Å². The number of rotatable bonds is 8. The number of aromatic nitrogens is 2. The molecule has 12 heteroatoms. The standard InChI is InChI=1S/C28H38F3N7O2/c1-17(2)33-25(39)21-6-5-7-23(21)35-24-22(28(29,30)31)16-32-27(36-24)34-19-10-8-18(9-11-19)26(40)38(4)20-12-14-37(3)15-13-20/h8-11,16-17,20-21,23H,5-7,12-15H2,1-4H3,(H,33,39)(H2,32,34,35,36)/t21-,23+/m1/s1. The number of hydrogen-bond donors (Lipinski definition) is 3. The lowest BCUT2D eigenvalue weighted by molar-refractivity contribution is -0.137. The Morgan fingerprint density at radius 2 is 1.75 bits per heavy atom. The fourth-order valence-electron chi connectivity index (χ4n) is 5.35. The molecule has 1 aliphatic heterocycles. The molecule has 3 N–H and O–H groups in total. The van der Waals surface area contributed by atoms with E-state index in [4.69, 9.17) is 0 Å². The Balaban J connectivity index is 1.47. The molecule has 1 saturated heterocycles. The minimum Gasteiger partial charge on any atom is -0.366 e. The lowest BCUT2D eigenvalue weighted by Gasteiger charge is -2.35. The maximum Gasteiger partial charge on any atom is 0.421 e. The minimum absolute atomic E-state index is 0.0285. The predicted octanol–water partition coefficient (Wildman–Crippen LogP) is 4.51. The Labute approximate surface area is 232 Å². The van der Waals surface area contributed by atoms with Crippen LogP contribution in [0.1, 0.15) is 61.9 Å². The molecule has 9 nitrogen and oxygen atoms in total. The molecule has 218 valence electrons. The van der Waals surface area contributed by atoms with Crippen molar-refractivity contribution in [1.82, 2.24) is 25.1 Å². The van der Waals surface area contributed by atoms with E-state index in [1.165, 1.54) is 0 Å². The van der Waals surface area contributed by atoms with Crippen LogP contribution in [-0.2, 0) is 11.0 Å². The van der Waals surface area contributed by atoms with Crippen molar-refractivity contribution in [2.45, 2.75) is 70.3 Å². The van der Waals surface area contributed by atoms with Crippen LogP contribution in [0, 0.1) is 5.92 Å². The first-order valence-electron chi connectivity index (χ1n) is 13.8. The maximum absolute atomic E-state index is 13.8. The third-order valence-electron chi connectivity index (χ3n) is 7.64. The molecular formula is C28H38F3N7O2. The summed E-state index contributed by atoms with van der Waals surface area (Å²) < 4.78 is 41.4. The van der Waals surface area contributed by atoms with Gasteiger partial charge in [0.2, 0.25) is 11.9 Å². The average Bonchev–Trinajstić information content (AvgIpc) is 3.36. The number of likely N-dealkylation sites (tertiary alicyclic amines) is 1. The number of nitrogens with one attached hydrogen (secondary N) is 3. The highest BCUT2D eigenvalue weighted by molar-refractivity contribution is 5.94. The van der Waals surface area contributed by atoms with Gasteiger partial charge in [0, 0.05) is 42.6 Å². The Morgan fingerprint density at radius 1 is 1.07 bits per heavy atom. The molecule has 0 unspecified atom stereocenters. The number of anilines is 3. The van der Waals surface area contributed by atoms with Gasteiger partial charge in [0.05, 0.1) is 5.92 Å². The molecule has 1 aliphatic carbocycles. The van der Waals surface area contributed by atoms with Gasteiger partial charge in [-0.1, -0.05) is 6.42 Å². The van der Waals surface area contributed by atoms with Gasteiger partial charge in [0.15, 0.2) is 0 Å². The van der Waals surface area contributed by atoms with Gasteiger partial charge in [-0.3, -0.25) is 9.59 Å². The number of hydrogen-bond acceptors (Lipinski definition) is 7. The number of carbonyl (C=O) groups excluding carboxylic acids is 2. The summed E-state index contributed by atoms with van der Waals surface area (Å²) in [6.07, 6.45) is -0.216. The number of alkyl halides is 3. The molecule has 0 spiro atoms. The number of nitrogens with zero attached hydrogens (tertiary/aromatic N) is 4. The zero-order valence-corrected chi connectivity index (χ0v) is 23.4. The molecule has 1 aromatic carbocycles. The highest BCUT2D eigenvalue weighted by atomic mass is 19.4. The van der Waals surface area contributed by atoms with Crippen LogP contribution in [0.4, 0.5) is 30.6 Å². The molecule has 1 aromatic heterocycles. The summed E-state index contributed by atoms with van der Waals surface area (Å²) in [5.74, 6) is -1.11. The van der Waals surface area contributed by atoms with Crippen molar-refractivity contribution < 1.29 is 22.8 Å². The number of piperidine rings is 1. The lowest BCUT2D eigenvalue weighted by atomic mass is 10.0. The van der Waals surface area contributed by atoms with Gasteiger partial charge in [-0.05, 0) is 83.9 Å². The second-order valence-corrected chi connectivity index (χ2v) is 11.1. The molecule has 0 bridgehead atoms. The van der Waals surface area contributed by atoms with Crippen LogP contribution >= 0.6 is 0 Å². The summed E-state index contributed by atoms with van der Waals surface area (Å²) in [6.45, 7) is 5.58. The van der Waals surface area contributed by atoms with E-state index in [0.717, 1.165) is 38.5 Å². The van der Waals surface area contributed by atoms with E-state index in [0.29, 0.717) is 24.1 Å². The summed E-state index contributed by atoms with van der Waals surface area (Å²) in [7, 11) is 3.89. The Morgan fingerprint density at radius 3 is 2.38 bits per heavy atom. The van der Waals surface area contributed by atoms with Crippen molar-refractivity contribution in [3.8, 4) is 0 Å². The van der Waals surface area contributed by atoms with Crippen LogP contribution in [0.3, 0.4) is 0 Å². The Hall–Kier alpha value is -3.41. The number of carbonyl (C=O) groups is 2. The van der Waals surface area contributed by atoms with Crippen molar-refractivity contribution in [3.63, 3.8) is 0 Å². The molecule has 2 aliphatic rings. The highest BCUT2D eigenvalue weighted by Gasteiger charge is 2.39. The zero-order valence-electron chi connectivity index (χ0n) is 23.4. The Bertz CT molecular complexity index is 1180. The van der Waals surface area contributed by atoms with Crippen molar-refractivity contribution in [1.29, 1.82) is 0 Å². The quantitative estimate of drug-likeness (QED) is 0.436. The van der Waals surface area contributed by atoms with E-state index in [1.54, 1.807) is 29.2 Å². The third kappa shape index (κ3) is 7.21. The maximum atomic E-state index is 13.8. The molecule has 2 aromatic rings. The average molecular weight is 562 g/mol. The number of amides is 2. The first kappa shape index (κ1) is 29.6. The van der Waals surface area contributed by atoms with Gasteiger partial charge < -0.3 is 25.8 Å². The van der Waals surface area contributed by atoms with Gasteiger partial charge in [-0.25, -0.2) is 4.98 Å². The monoisotopic (exact) mass is 561 g/mol. The van der Waals surface area contributed by atoms with Crippen LogP contribution in [0.2, 0.25) is 0 Å². The van der Waals surface area contributed by atoms with Gasteiger partial charge in [-0.2, -0.15) is 18.2 Å². The largest absolute Gasteiger partial charge is 0.421 e. The minimum atomic E-state index is -4.67. The lowest BCUT2D eigenvalue weighted by Crippen LogP contribution is -2.44. The van der Waals surface area contributed by atoms with Crippen LogP contribution in [0.25, 0.3) is 0 Å². The number of halogens is 3. The van der Waals surface area contributed by atoms with Crippen LogP contribution in [0.15, 0.2) is 30.5 Å². The topological polar surface area (TPSA) is 102 Å². The second-order valence-electron chi connectivity index (χ2n) is 11.1. The Kier molecular flexibility index (Phi) is 9.17. The van der Waals surface area contributed by atoms with Crippen molar-refractivity contribution in [3.05, 3.63) is 41.6 Å². The summed E-state index contributed by atoms with van der Waals surface area (Å²) >= 11 is 0. The van der Waals surface area contributed by atoms with E-state index < -0.39 is 23.7 Å². The zero-order chi connectivity index (χ0) is 29.0. The third-order valence-corrected chi connectivity index (χ3v) is 7.64. The first-order chi connectivity index (χ1) is 18.9. The molecule has 40 heavy (non-hydrogen) atoms. The normalized spacial score (nSPS) is 20.4. The fraction of sp³-hybridized carbons (Fsp3) is 0.571. The molecule has 2 fully saturated rings. The molecule has 2 heterocycles. The molecule has 2 atom stereocenters. The molecule has 0 radical (unpaired) electrons. The summed E-state index contributed by atoms with van der Waals surface area (Å²) in [4.78, 5) is 37.7. The van der Waals surface area contributed by atoms with E-state index >= 15 is 0 Å². The molecule has 2 amide bonds. The van der Waals surface area contributed by atoms with Crippen molar-refractivity contribution >= 4 is 29.3 Å². The first-order valence-corrected chi connectivity index (χ1v) is 13.8. The van der Waals surface area contributed by atoms with Crippen LogP contribution in [-0.4, -0.2) is 76.9 Å². The van der Waals surface area contributed by atoms with Gasteiger partial charge in [-0.15, -0.1) is 0 Å². The second kappa shape index (κ2) is 12.4. The fourth-order valence-corrected chi connectivity index (χ4v) is 5.35. The van der Waals surface area contributed by atoms with Crippen molar-refractivity contribution in [2.75, 3.05) is 37.8 Å². The summed E-state index contributed by atoms with van der Waals surface area (Å²) in [6, 6.07) is 6.34. The highest BCUT2D eigenvalue weighted by Crippen LogP contribution is 2.37. The molecular weight excluding hydrogens is 523 g/mol. The van der Waals surface area contributed by atoms with E-state index in [2.05, 4.69) is 37.9 Å². The van der Waals surface area contributed by atoms with Gasteiger partial charge in [0.1, 0.15) is 11.4 Å². The molecule has 1 saturated carbocycles. The SMILES string of the molecule is CC(C)NC(=O)[C@@H]1CCC[C@@H]1Nc1nc(Nc2ccc(C(=O)N(C)C3CCN(C)CC3)cc2)ncc1C(F)(F)F. The van der Waals surface area contributed by atoms with E-state index in [1.807, 2.05) is 20.9 Å². The van der Waals surface area contributed by atoms with E-state index in [-0.39, 0.29) is 35.7 Å². The van der Waals surface area contributed by atoms with Crippen molar-refractivity contribution in [2.24, 2.45) is 5.92 Å². The van der Waals surface area contributed by atoms with Crippen LogP contribution < -0.4 is 16.0 Å². The predicted molar refractivity (Wildman–Crippen MR) is 147 cm³/mol. The molecule has 4 rings (SSSR count). The summed E-state index contributed by atoms with van der Waals surface area (Å²) in [5.41, 5.74) is 0.0553. The number of benzene rings is 1. The van der Waals surface area contributed by atoms with Crippen LogP contribution in [0.5, 0.6) is 0 Å². The van der Waals surface area contributed by atoms with E-state index in [9.17, 15) is 22.8 Å².